The minimum atomic E-state index is -0.527. The molecule has 0 bridgehead atoms. The van der Waals surface area contributed by atoms with Gasteiger partial charge in [0.05, 0.1) is 11.9 Å². The van der Waals surface area contributed by atoms with Crippen LogP contribution in [0.5, 0.6) is 0 Å². The Hall–Kier alpha value is -3.02. The maximum Gasteiger partial charge on any atom is 0.352 e. The zero-order valence-electron chi connectivity index (χ0n) is 21.0. The van der Waals surface area contributed by atoms with Crippen molar-refractivity contribution in [2.45, 2.75) is 69.9 Å². The zero-order chi connectivity index (χ0) is 25.4. The van der Waals surface area contributed by atoms with Crippen molar-refractivity contribution < 1.29 is 9.18 Å². The Kier molecular flexibility index (Phi) is 6.96. The van der Waals surface area contributed by atoms with Crippen molar-refractivity contribution in [2.75, 3.05) is 35.8 Å². The van der Waals surface area contributed by atoms with E-state index < -0.39 is 11.8 Å². The van der Waals surface area contributed by atoms with Crippen LogP contribution in [-0.2, 0) is 0 Å². The van der Waals surface area contributed by atoms with Gasteiger partial charge in [0.15, 0.2) is 11.6 Å². The number of rotatable bonds is 6. The largest absolute Gasteiger partial charge is 0.363 e. The van der Waals surface area contributed by atoms with Gasteiger partial charge >= 0.3 is 6.03 Å². The predicted molar refractivity (Wildman–Crippen MR) is 138 cm³/mol. The minimum absolute atomic E-state index is 0.160. The lowest BCUT2D eigenvalue weighted by atomic mass is 9.89. The number of urea groups is 1. The number of fused-ring (bicyclic) bond motifs is 1. The summed E-state index contributed by atoms with van der Waals surface area (Å²) in [6.07, 6.45) is 8.94. The number of piperidine rings is 2. The van der Waals surface area contributed by atoms with Gasteiger partial charge in [0, 0.05) is 24.8 Å². The molecule has 11 heteroatoms. The topological polar surface area (TPSA) is 129 Å². The molecule has 5 rings (SSSR count). The lowest BCUT2D eigenvalue weighted by Gasteiger charge is -2.44. The van der Waals surface area contributed by atoms with Crippen molar-refractivity contribution in [3.63, 3.8) is 0 Å². The molecule has 0 spiro atoms. The van der Waals surface area contributed by atoms with E-state index in [1.165, 1.54) is 26.1 Å². The molecular formula is C25H36FN9O. The van der Waals surface area contributed by atoms with E-state index in [-0.39, 0.29) is 17.8 Å². The number of nitrogens with two attached hydrogens (primary N) is 2. The fourth-order valence-electron chi connectivity index (χ4n) is 5.51. The zero-order valence-corrected chi connectivity index (χ0v) is 21.0. The third kappa shape index (κ3) is 5.09. The van der Waals surface area contributed by atoms with Crippen LogP contribution in [0.3, 0.4) is 0 Å². The van der Waals surface area contributed by atoms with Gasteiger partial charge < -0.3 is 10.6 Å². The first-order valence-corrected chi connectivity index (χ1v) is 12.8. The fraction of sp³-hybridized carbons (Fsp3) is 0.560. The van der Waals surface area contributed by atoms with Crippen LogP contribution in [-0.4, -0.2) is 58.1 Å². The van der Waals surface area contributed by atoms with Crippen LogP contribution >= 0.6 is 0 Å². The smallest absolute Gasteiger partial charge is 0.352 e. The van der Waals surface area contributed by atoms with E-state index in [2.05, 4.69) is 25.5 Å². The van der Waals surface area contributed by atoms with Gasteiger partial charge in [-0.3, -0.25) is 9.91 Å². The molecule has 36 heavy (non-hydrogen) atoms. The molecule has 2 amide bonds. The monoisotopic (exact) mass is 497 g/mol. The maximum absolute atomic E-state index is 14.7. The second-order valence-electron chi connectivity index (χ2n) is 10.3. The second-order valence-corrected chi connectivity index (χ2v) is 10.3. The number of nitrogens with zero attached hydrogens (tertiary/aromatic N) is 5. The van der Waals surface area contributed by atoms with Crippen LogP contribution in [0, 0.1) is 12.7 Å². The average molecular weight is 498 g/mol. The first-order chi connectivity index (χ1) is 17.3. The number of carbonyl (C=O) groups excluding carboxylic acids is 1. The van der Waals surface area contributed by atoms with E-state index in [9.17, 15) is 9.18 Å². The Bertz CT molecular complexity index is 1120. The highest BCUT2D eigenvalue weighted by atomic mass is 19.1. The molecule has 2 aliphatic heterocycles. The summed E-state index contributed by atoms with van der Waals surface area (Å²) in [6.45, 7) is 4.19. The lowest BCUT2D eigenvalue weighted by molar-refractivity contribution is 0.0975. The van der Waals surface area contributed by atoms with Crippen molar-refractivity contribution in [2.24, 2.45) is 11.7 Å². The molecule has 10 nitrogen and oxygen atoms in total. The number of halogens is 1. The van der Waals surface area contributed by atoms with Crippen LogP contribution in [0.15, 0.2) is 18.3 Å². The number of hydrogen-bond donors (Lipinski definition) is 4. The van der Waals surface area contributed by atoms with Gasteiger partial charge in [-0.2, -0.15) is 4.98 Å². The molecule has 3 aliphatic rings. The number of anilines is 4. The minimum Gasteiger partial charge on any atom is -0.363 e. The highest BCUT2D eigenvalue weighted by molar-refractivity contribution is 5.92. The number of nitrogens with one attached hydrogen (secondary N) is 2. The van der Waals surface area contributed by atoms with Gasteiger partial charge in [-0.05, 0) is 81.6 Å². The number of aromatic nitrogens is 2. The summed E-state index contributed by atoms with van der Waals surface area (Å²) in [7, 11) is 1.45. The van der Waals surface area contributed by atoms with E-state index in [0.717, 1.165) is 66.3 Å². The number of amides is 2. The molecule has 2 saturated heterocycles. The van der Waals surface area contributed by atoms with Crippen LogP contribution in [0.1, 0.15) is 62.0 Å². The van der Waals surface area contributed by atoms with Crippen LogP contribution < -0.4 is 27.3 Å². The fourth-order valence-corrected chi connectivity index (χ4v) is 5.51. The van der Waals surface area contributed by atoms with Gasteiger partial charge in [0.1, 0.15) is 0 Å². The molecule has 1 aromatic carbocycles. The summed E-state index contributed by atoms with van der Waals surface area (Å²) in [4.78, 5) is 23.6. The van der Waals surface area contributed by atoms with Crippen molar-refractivity contribution in [1.82, 2.24) is 19.9 Å². The third-order valence-corrected chi connectivity index (χ3v) is 7.56. The van der Waals surface area contributed by atoms with Gasteiger partial charge in [0.2, 0.25) is 5.95 Å². The second kappa shape index (κ2) is 10.2. The lowest BCUT2D eigenvalue weighted by Crippen LogP contribution is -2.53. The van der Waals surface area contributed by atoms with Crippen LogP contribution in [0.4, 0.5) is 32.3 Å². The van der Waals surface area contributed by atoms with Crippen LogP contribution in [0.25, 0.3) is 0 Å². The first-order valence-electron chi connectivity index (χ1n) is 12.8. The molecule has 0 radical (unpaired) electrons. The Labute approximate surface area is 211 Å². The Morgan fingerprint density at radius 1 is 1.14 bits per heavy atom. The number of hydrazine groups is 2. The van der Waals surface area contributed by atoms with E-state index in [0.29, 0.717) is 23.3 Å². The standard InChI is InChI=1S/C25H36FN9O/c1-15-12-17(16-8-9-16)22(35(28)25(36)33(2)27)13-20(15)31-24-29-14-18(26)23(32-24)30-19-6-5-11-34-10-4-3-7-21(19)34/h12-14,16,19,21H,3-11,27-28H2,1-2H3,(H2,29,30,31,32)/t19-,21?/m1/s1. The summed E-state index contributed by atoms with van der Waals surface area (Å²) < 4.78 is 14.7. The number of hydrogen-bond acceptors (Lipinski definition) is 8. The van der Waals surface area contributed by atoms with Gasteiger partial charge in [-0.25, -0.2) is 30.9 Å². The third-order valence-electron chi connectivity index (χ3n) is 7.56. The molecule has 2 aromatic rings. The number of aryl methyl sites for hydroxylation is 1. The number of benzene rings is 1. The molecule has 1 aromatic heterocycles. The Balaban J connectivity index is 1.39. The molecule has 6 N–H and O–H groups in total. The SMILES string of the molecule is Cc1cc(C2CC2)c(N(N)C(=O)N(C)N)cc1Nc1ncc(F)c(N[C@@H]2CCCN3CCCCC23)n1. The van der Waals surface area contributed by atoms with Gasteiger partial charge in [0.25, 0.3) is 0 Å². The Morgan fingerprint density at radius 3 is 2.67 bits per heavy atom. The van der Waals surface area contributed by atoms with E-state index in [1.54, 1.807) is 0 Å². The molecule has 3 fully saturated rings. The molecule has 1 saturated carbocycles. The van der Waals surface area contributed by atoms with Crippen molar-refractivity contribution >= 4 is 29.2 Å². The Morgan fingerprint density at radius 2 is 1.92 bits per heavy atom. The molecular weight excluding hydrogens is 461 g/mol. The normalized spacial score (nSPS) is 22.0. The van der Waals surface area contributed by atoms with E-state index >= 15 is 0 Å². The highest BCUT2D eigenvalue weighted by Crippen LogP contribution is 2.46. The van der Waals surface area contributed by atoms with Gasteiger partial charge in [-0.15, -0.1) is 0 Å². The van der Waals surface area contributed by atoms with Crippen molar-refractivity contribution in [1.29, 1.82) is 0 Å². The summed E-state index contributed by atoms with van der Waals surface area (Å²) in [5.74, 6) is 12.2. The molecule has 194 valence electrons. The summed E-state index contributed by atoms with van der Waals surface area (Å²) in [5, 5.41) is 8.60. The average Bonchev–Trinajstić information content (AvgIpc) is 3.72. The molecule has 2 atom stereocenters. The molecule has 3 heterocycles. The van der Waals surface area contributed by atoms with Crippen molar-refractivity contribution in [3.8, 4) is 0 Å². The van der Waals surface area contributed by atoms with E-state index in [1.807, 2.05) is 19.1 Å². The summed E-state index contributed by atoms with van der Waals surface area (Å²) in [6, 6.07) is 3.88. The van der Waals surface area contributed by atoms with Crippen LogP contribution in [0.2, 0.25) is 0 Å². The summed E-state index contributed by atoms with van der Waals surface area (Å²) in [5.41, 5.74) is 3.22. The molecule has 1 aliphatic carbocycles. The maximum atomic E-state index is 14.7. The van der Waals surface area contributed by atoms with E-state index in [4.69, 9.17) is 11.7 Å². The predicted octanol–water partition coefficient (Wildman–Crippen LogP) is 3.58. The summed E-state index contributed by atoms with van der Waals surface area (Å²) >= 11 is 0. The van der Waals surface area contributed by atoms with Gasteiger partial charge in [-0.1, -0.05) is 12.5 Å². The first kappa shape index (κ1) is 24.7. The number of carbonyl (C=O) groups is 1. The highest BCUT2D eigenvalue weighted by Gasteiger charge is 2.34. The quantitative estimate of drug-likeness (QED) is 0.271. The molecule has 1 unspecified atom stereocenters. The van der Waals surface area contributed by atoms with Crippen molar-refractivity contribution in [3.05, 3.63) is 35.3 Å².